The molecule has 1 unspecified atom stereocenters. The molecule has 232 valence electrons. The fourth-order valence-corrected chi connectivity index (χ4v) is 4.16. The lowest BCUT2D eigenvalue weighted by Gasteiger charge is -2.32. The van der Waals surface area contributed by atoms with Gasteiger partial charge in [-0.3, -0.25) is 24.0 Å². The van der Waals surface area contributed by atoms with E-state index in [1.54, 1.807) is 24.3 Å². The van der Waals surface area contributed by atoms with Gasteiger partial charge in [-0.15, -0.1) is 0 Å². The van der Waals surface area contributed by atoms with Crippen LogP contribution in [0.2, 0.25) is 0 Å². The standard InChI is InChI=1S/C28H29F4N3O8/c1-28(2,3)14-6-4-5-7-17(14)33-26(40)27(41)35-8-9-42-20(12-35)25(39)34-18(11-21(37)38)19(36)13-43-24-22(31)15(29)10-16(30)23(24)32/h4-7,10,18,20H,8-9,11-13H2,1-3H3,(H,33,40)(H,34,39)(H,37,38)/t18-,20?/m0/s1. The SMILES string of the molecule is CC(C)(C)c1ccccc1NC(=O)C(=O)N1CCOC(C(=O)N[C@@H](CC(=O)O)C(=O)COc2c(F)c(F)cc(F)c2F)C1. The van der Waals surface area contributed by atoms with Crippen molar-refractivity contribution in [3.05, 3.63) is 59.2 Å². The number of rotatable bonds is 9. The number of amides is 3. The molecule has 15 heteroatoms. The van der Waals surface area contributed by atoms with Crippen molar-refractivity contribution in [1.82, 2.24) is 10.2 Å². The number of carbonyl (C=O) groups excluding carboxylic acids is 4. The first-order chi connectivity index (χ1) is 20.1. The van der Waals surface area contributed by atoms with Gasteiger partial charge in [-0.25, -0.2) is 8.78 Å². The van der Waals surface area contributed by atoms with Crippen LogP contribution in [-0.4, -0.2) is 77.9 Å². The number of morpholine rings is 1. The van der Waals surface area contributed by atoms with Crippen LogP contribution in [0.25, 0.3) is 0 Å². The zero-order chi connectivity index (χ0) is 32.1. The van der Waals surface area contributed by atoms with E-state index in [9.17, 15) is 46.6 Å². The molecule has 43 heavy (non-hydrogen) atoms. The lowest BCUT2D eigenvalue weighted by molar-refractivity contribution is -0.153. The van der Waals surface area contributed by atoms with Crippen molar-refractivity contribution < 1.29 is 56.1 Å². The summed E-state index contributed by atoms with van der Waals surface area (Å²) in [5, 5.41) is 13.9. The van der Waals surface area contributed by atoms with Gasteiger partial charge in [0.05, 0.1) is 19.6 Å². The van der Waals surface area contributed by atoms with Gasteiger partial charge in [0.25, 0.3) is 5.91 Å². The van der Waals surface area contributed by atoms with Crippen LogP contribution < -0.4 is 15.4 Å². The Morgan fingerprint density at radius 3 is 2.30 bits per heavy atom. The summed E-state index contributed by atoms with van der Waals surface area (Å²) in [4.78, 5) is 63.5. The van der Waals surface area contributed by atoms with Gasteiger partial charge >= 0.3 is 17.8 Å². The molecule has 0 spiro atoms. The van der Waals surface area contributed by atoms with Gasteiger partial charge in [0.15, 0.2) is 29.3 Å². The van der Waals surface area contributed by atoms with Crippen molar-refractivity contribution in [2.75, 3.05) is 31.6 Å². The second-order valence-corrected chi connectivity index (χ2v) is 10.6. The molecule has 2 atom stereocenters. The van der Waals surface area contributed by atoms with Gasteiger partial charge in [0, 0.05) is 18.3 Å². The Balaban J connectivity index is 1.66. The first kappa shape index (κ1) is 33.0. The number of carbonyl (C=O) groups is 5. The Kier molecular flexibility index (Phi) is 10.5. The third-order valence-electron chi connectivity index (χ3n) is 6.34. The molecule has 1 saturated heterocycles. The maximum atomic E-state index is 13.9. The average molecular weight is 612 g/mol. The lowest BCUT2D eigenvalue weighted by Crippen LogP contribution is -2.56. The van der Waals surface area contributed by atoms with Gasteiger partial charge in [-0.1, -0.05) is 39.0 Å². The largest absolute Gasteiger partial charge is 0.481 e. The number of benzene rings is 2. The van der Waals surface area contributed by atoms with Crippen LogP contribution in [0, 0.1) is 23.3 Å². The van der Waals surface area contributed by atoms with E-state index >= 15 is 0 Å². The molecule has 0 aromatic heterocycles. The van der Waals surface area contributed by atoms with Crippen LogP contribution in [-0.2, 0) is 34.1 Å². The number of halogens is 4. The molecule has 1 fully saturated rings. The molecule has 0 saturated carbocycles. The first-order valence-corrected chi connectivity index (χ1v) is 12.9. The van der Waals surface area contributed by atoms with E-state index in [-0.39, 0.29) is 24.6 Å². The van der Waals surface area contributed by atoms with E-state index in [4.69, 9.17) is 4.74 Å². The third-order valence-corrected chi connectivity index (χ3v) is 6.34. The highest BCUT2D eigenvalue weighted by atomic mass is 19.2. The smallest absolute Gasteiger partial charge is 0.313 e. The van der Waals surface area contributed by atoms with Crippen LogP contribution in [0.5, 0.6) is 5.75 Å². The van der Waals surface area contributed by atoms with Crippen LogP contribution in [0.3, 0.4) is 0 Å². The second kappa shape index (κ2) is 13.6. The molecule has 1 aliphatic heterocycles. The first-order valence-electron chi connectivity index (χ1n) is 12.9. The molecule has 1 heterocycles. The molecule has 0 bridgehead atoms. The lowest BCUT2D eigenvalue weighted by atomic mass is 9.86. The van der Waals surface area contributed by atoms with Crippen LogP contribution >= 0.6 is 0 Å². The fraction of sp³-hybridized carbons (Fsp3) is 0.393. The highest BCUT2D eigenvalue weighted by Crippen LogP contribution is 2.29. The highest BCUT2D eigenvalue weighted by Gasteiger charge is 2.35. The van der Waals surface area contributed by atoms with Crippen molar-refractivity contribution in [2.24, 2.45) is 0 Å². The second-order valence-electron chi connectivity index (χ2n) is 10.6. The number of ketones is 1. The summed E-state index contributed by atoms with van der Waals surface area (Å²) >= 11 is 0. The number of anilines is 1. The molecule has 11 nitrogen and oxygen atoms in total. The summed E-state index contributed by atoms with van der Waals surface area (Å²) < 4.78 is 64.5. The van der Waals surface area contributed by atoms with Crippen molar-refractivity contribution in [3.8, 4) is 5.75 Å². The van der Waals surface area contributed by atoms with Crippen LogP contribution in [0.4, 0.5) is 23.2 Å². The van der Waals surface area contributed by atoms with Crippen molar-refractivity contribution >= 4 is 35.2 Å². The Labute approximate surface area is 243 Å². The molecule has 3 amide bonds. The number of nitrogens with zero attached hydrogens (tertiary/aromatic N) is 1. The van der Waals surface area contributed by atoms with Gasteiger partial charge in [0.1, 0.15) is 12.6 Å². The molecule has 0 aliphatic carbocycles. The Morgan fingerprint density at radius 1 is 1.07 bits per heavy atom. The number of nitrogens with one attached hydrogen (secondary N) is 2. The number of carboxylic acid groups (broad SMARTS) is 1. The number of Topliss-reactive ketones (excluding diaryl/α,β-unsaturated/α-hetero) is 1. The number of hydrogen-bond donors (Lipinski definition) is 3. The number of para-hydroxylation sites is 1. The van der Waals surface area contributed by atoms with Crippen molar-refractivity contribution in [2.45, 2.75) is 44.8 Å². The van der Waals surface area contributed by atoms with Crippen LogP contribution in [0.1, 0.15) is 32.8 Å². The van der Waals surface area contributed by atoms with Gasteiger partial charge < -0.3 is 30.1 Å². The van der Waals surface area contributed by atoms with E-state index < -0.39 is 90.2 Å². The van der Waals surface area contributed by atoms with E-state index in [1.165, 1.54) is 0 Å². The van der Waals surface area contributed by atoms with E-state index in [2.05, 4.69) is 15.4 Å². The number of hydrogen-bond acceptors (Lipinski definition) is 7. The predicted molar refractivity (Wildman–Crippen MR) is 141 cm³/mol. The minimum atomic E-state index is -1.92. The summed E-state index contributed by atoms with van der Waals surface area (Å²) in [5.41, 5.74) is 0.857. The fourth-order valence-electron chi connectivity index (χ4n) is 4.16. The Bertz CT molecular complexity index is 1400. The van der Waals surface area contributed by atoms with E-state index in [0.717, 1.165) is 10.5 Å². The molecule has 3 rings (SSSR count). The topological polar surface area (TPSA) is 151 Å². The Hall–Kier alpha value is -4.53. The third kappa shape index (κ3) is 8.28. The molecule has 3 N–H and O–H groups in total. The molecule has 2 aromatic carbocycles. The number of ether oxygens (including phenoxy) is 2. The monoisotopic (exact) mass is 611 g/mol. The number of aliphatic carboxylic acids is 1. The number of carboxylic acids is 1. The molecular formula is C28H29F4N3O8. The van der Waals surface area contributed by atoms with Gasteiger partial charge in [-0.05, 0) is 17.0 Å². The maximum Gasteiger partial charge on any atom is 0.313 e. The highest BCUT2D eigenvalue weighted by molar-refractivity contribution is 6.39. The minimum Gasteiger partial charge on any atom is -0.481 e. The average Bonchev–Trinajstić information content (AvgIpc) is 2.94. The maximum absolute atomic E-state index is 13.9. The predicted octanol–water partition coefficient (Wildman–Crippen LogP) is 2.31. The minimum absolute atomic E-state index is 0.0520. The summed E-state index contributed by atoms with van der Waals surface area (Å²) in [7, 11) is 0. The van der Waals surface area contributed by atoms with Gasteiger partial charge in [0.2, 0.25) is 11.6 Å². The summed E-state index contributed by atoms with van der Waals surface area (Å²) in [5.74, 6) is -14.7. The normalized spacial score (nSPS) is 15.8. The molecular weight excluding hydrogens is 582 g/mol. The summed E-state index contributed by atoms with van der Waals surface area (Å²) in [6, 6.07) is 5.03. The Morgan fingerprint density at radius 2 is 1.70 bits per heavy atom. The zero-order valence-electron chi connectivity index (χ0n) is 23.3. The van der Waals surface area contributed by atoms with Crippen molar-refractivity contribution in [3.63, 3.8) is 0 Å². The summed E-state index contributed by atoms with van der Waals surface area (Å²) in [6.45, 7) is 3.86. The van der Waals surface area contributed by atoms with E-state index in [0.29, 0.717) is 5.69 Å². The quantitative estimate of drug-likeness (QED) is 0.222. The molecule has 2 aromatic rings. The molecule has 0 radical (unpaired) electrons. The van der Waals surface area contributed by atoms with Crippen LogP contribution in [0.15, 0.2) is 30.3 Å². The van der Waals surface area contributed by atoms with Gasteiger partial charge in [-0.2, -0.15) is 8.78 Å². The summed E-state index contributed by atoms with van der Waals surface area (Å²) in [6.07, 6.45) is -2.42. The zero-order valence-corrected chi connectivity index (χ0v) is 23.3. The van der Waals surface area contributed by atoms with Crippen molar-refractivity contribution in [1.29, 1.82) is 0 Å². The molecule has 1 aliphatic rings. The van der Waals surface area contributed by atoms with E-state index in [1.807, 2.05) is 20.8 Å².